The Balaban J connectivity index is 1.23. The van der Waals surface area contributed by atoms with Crippen LogP contribution in [0.4, 0.5) is 13.2 Å². The molecular formula is C33H32F3N7O2S. The Morgan fingerprint density at radius 3 is 2.57 bits per heavy atom. The summed E-state index contributed by atoms with van der Waals surface area (Å²) in [6, 6.07) is 11.7. The highest BCUT2D eigenvalue weighted by molar-refractivity contribution is 7.90. The first-order valence-electron chi connectivity index (χ1n) is 15.3. The SMILES string of the molecule is Cc1nnc2n1[C@@H]1C[C@H](c3c(OC(F)F)cccc3-2)n2c1nc1ccc(-c3cnc(C4(N[S+]([O-])C(C)(C)C)CCC4)c(F)c3)cc12. The van der Waals surface area contributed by atoms with Crippen LogP contribution in [0.2, 0.25) is 0 Å². The van der Waals surface area contributed by atoms with E-state index in [1.165, 1.54) is 6.07 Å². The Morgan fingerprint density at radius 2 is 1.87 bits per heavy atom. The Kier molecular flexibility index (Phi) is 6.58. The summed E-state index contributed by atoms with van der Waals surface area (Å²) >= 11 is -1.38. The molecule has 5 heterocycles. The minimum Gasteiger partial charge on any atom is -0.598 e. The summed E-state index contributed by atoms with van der Waals surface area (Å²) in [6.45, 7) is 4.52. The first-order chi connectivity index (χ1) is 21.9. The lowest BCUT2D eigenvalue weighted by Crippen LogP contribution is -2.55. The van der Waals surface area contributed by atoms with Crippen LogP contribution in [0, 0.1) is 12.7 Å². The highest BCUT2D eigenvalue weighted by Gasteiger charge is 2.48. The van der Waals surface area contributed by atoms with E-state index in [4.69, 9.17) is 9.72 Å². The summed E-state index contributed by atoms with van der Waals surface area (Å²) in [5.41, 5.74) is 3.63. The van der Waals surface area contributed by atoms with Gasteiger partial charge >= 0.3 is 6.61 Å². The molecule has 3 aliphatic rings. The molecule has 0 radical (unpaired) electrons. The minimum atomic E-state index is -3.00. The molecule has 3 atom stereocenters. The summed E-state index contributed by atoms with van der Waals surface area (Å²) < 4.78 is 67.8. The number of aryl methyl sites for hydroxylation is 1. The molecule has 238 valence electrons. The second-order valence-corrected chi connectivity index (χ2v) is 15.3. The molecule has 1 saturated carbocycles. The van der Waals surface area contributed by atoms with Gasteiger partial charge in [0, 0.05) is 40.7 Å². The van der Waals surface area contributed by atoms with Gasteiger partial charge in [-0.15, -0.1) is 14.9 Å². The molecule has 9 nitrogen and oxygen atoms in total. The monoisotopic (exact) mass is 647 g/mol. The predicted molar refractivity (Wildman–Crippen MR) is 167 cm³/mol. The summed E-state index contributed by atoms with van der Waals surface area (Å²) in [5.74, 6) is 1.68. The number of fused-ring (bicyclic) bond motifs is 6. The molecule has 2 aliphatic heterocycles. The molecule has 0 saturated heterocycles. The van der Waals surface area contributed by atoms with Crippen molar-refractivity contribution in [2.45, 2.75) is 82.4 Å². The van der Waals surface area contributed by atoms with E-state index in [0.717, 1.165) is 28.8 Å². The maximum absolute atomic E-state index is 15.8. The number of imidazole rings is 1. The molecule has 1 unspecified atom stereocenters. The molecule has 0 spiro atoms. The summed E-state index contributed by atoms with van der Waals surface area (Å²) in [7, 11) is 0. The van der Waals surface area contributed by atoms with Crippen LogP contribution in [0.3, 0.4) is 0 Å². The fourth-order valence-electron chi connectivity index (χ4n) is 7.15. The van der Waals surface area contributed by atoms with Gasteiger partial charge in [0.25, 0.3) is 0 Å². The molecule has 8 rings (SSSR count). The van der Waals surface area contributed by atoms with Crippen LogP contribution in [-0.4, -0.2) is 45.2 Å². The number of nitrogens with one attached hydrogen (secondary N) is 1. The molecule has 1 fully saturated rings. The molecule has 5 aromatic rings. The number of hydrogen-bond acceptors (Lipinski definition) is 7. The third-order valence-corrected chi connectivity index (χ3v) is 11.2. The summed E-state index contributed by atoms with van der Waals surface area (Å²) in [6.07, 6.45) is 4.41. The van der Waals surface area contributed by atoms with E-state index in [-0.39, 0.29) is 23.5 Å². The topological polar surface area (TPSA) is 106 Å². The number of ether oxygens (including phenoxy) is 1. The standard InChI is InChI=1S/C33H32F3N7O2S/c1-17-39-40-29-20-7-5-8-26(45-31(35)36)27(20)24-15-25(42(17)29)30-38-22-10-9-18(14-23(22)43(24)30)19-13-21(34)28(37-16-19)33(11-6-12-33)41-46(44)32(2,3)4/h5,7-10,13-14,16,24-25,31,41H,6,11-12,15H2,1-4H3/t24-,25-,46?/m1/s1. The maximum Gasteiger partial charge on any atom is 0.387 e. The Hall–Kier alpha value is -3.94. The number of halogens is 3. The Morgan fingerprint density at radius 1 is 1.07 bits per heavy atom. The van der Waals surface area contributed by atoms with Crippen LogP contribution in [0.5, 0.6) is 5.75 Å². The maximum atomic E-state index is 15.8. The molecule has 46 heavy (non-hydrogen) atoms. The van der Waals surface area contributed by atoms with E-state index in [1.807, 2.05) is 56.5 Å². The predicted octanol–water partition coefficient (Wildman–Crippen LogP) is 6.73. The molecule has 3 aromatic heterocycles. The largest absolute Gasteiger partial charge is 0.598 e. The number of pyridine rings is 1. The van der Waals surface area contributed by atoms with Crippen molar-refractivity contribution in [3.8, 4) is 28.3 Å². The molecular weight excluding hydrogens is 615 g/mol. The number of nitrogens with zero attached hydrogens (tertiary/aromatic N) is 6. The van der Waals surface area contributed by atoms with Gasteiger partial charge in [0.05, 0.1) is 23.1 Å². The molecule has 2 aromatic carbocycles. The van der Waals surface area contributed by atoms with E-state index in [2.05, 4.69) is 24.5 Å². The fourth-order valence-corrected chi connectivity index (χ4v) is 8.11. The van der Waals surface area contributed by atoms with Gasteiger partial charge in [-0.05, 0) is 76.8 Å². The first kappa shape index (κ1) is 29.5. The zero-order valence-electron chi connectivity index (χ0n) is 25.7. The smallest absolute Gasteiger partial charge is 0.387 e. The van der Waals surface area contributed by atoms with Gasteiger partial charge in [-0.1, -0.05) is 18.2 Å². The van der Waals surface area contributed by atoms with Crippen molar-refractivity contribution in [1.82, 2.24) is 34.0 Å². The summed E-state index contributed by atoms with van der Waals surface area (Å²) in [5, 5.41) is 8.74. The van der Waals surface area contributed by atoms with Crippen molar-refractivity contribution in [2.75, 3.05) is 0 Å². The summed E-state index contributed by atoms with van der Waals surface area (Å²) in [4.78, 5) is 9.58. The minimum absolute atomic E-state index is 0.0870. The fraction of sp³-hybridized carbons (Fsp3) is 0.394. The van der Waals surface area contributed by atoms with E-state index in [1.54, 1.807) is 18.3 Å². The van der Waals surface area contributed by atoms with Crippen LogP contribution in [0.15, 0.2) is 48.7 Å². The van der Waals surface area contributed by atoms with Crippen molar-refractivity contribution in [1.29, 1.82) is 0 Å². The number of rotatable bonds is 6. The molecule has 1 N–H and O–H groups in total. The lowest BCUT2D eigenvalue weighted by atomic mass is 9.74. The average molecular weight is 648 g/mol. The van der Waals surface area contributed by atoms with E-state index < -0.39 is 34.1 Å². The van der Waals surface area contributed by atoms with Crippen LogP contribution in [-0.2, 0) is 16.9 Å². The quantitative estimate of drug-likeness (QED) is 0.204. The van der Waals surface area contributed by atoms with Crippen molar-refractivity contribution in [2.24, 2.45) is 0 Å². The van der Waals surface area contributed by atoms with Gasteiger partial charge < -0.3 is 18.4 Å². The van der Waals surface area contributed by atoms with Crippen LogP contribution >= 0.6 is 0 Å². The normalized spacial score (nSPS) is 20.2. The lowest BCUT2D eigenvalue weighted by Gasteiger charge is -2.43. The average Bonchev–Trinajstić information content (AvgIpc) is 3.62. The van der Waals surface area contributed by atoms with Gasteiger partial charge in [-0.25, -0.2) is 9.37 Å². The second-order valence-electron chi connectivity index (χ2n) is 13.3. The van der Waals surface area contributed by atoms with Gasteiger partial charge in [0.2, 0.25) is 0 Å². The molecule has 0 amide bonds. The highest BCUT2D eigenvalue weighted by atomic mass is 32.2. The van der Waals surface area contributed by atoms with Crippen LogP contribution < -0.4 is 9.46 Å². The van der Waals surface area contributed by atoms with Crippen molar-refractivity contribution in [3.05, 3.63) is 77.4 Å². The van der Waals surface area contributed by atoms with Crippen molar-refractivity contribution in [3.63, 3.8) is 0 Å². The van der Waals surface area contributed by atoms with Gasteiger partial charge in [-0.2, -0.15) is 8.78 Å². The van der Waals surface area contributed by atoms with Gasteiger partial charge in [-0.3, -0.25) is 4.98 Å². The van der Waals surface area contributed by atoms with E-state index in [0.29, 0.717) is 47.6 Å². The first-order valence-corrected chi connectivity index (χ1v) is 16.5. The zero-order valence-corrected chi connectivity index (χ0v) is 26.5. The Bertz CT molecular complexity index is 2020. The molecule has 13 heteroatoms. The molecule has 1 aliphatic carbocycles. The lowest BCUT2D eigenvalue weighted by molar-refractivity contribution is -0.0506. The number of hydrogen-bond donors (Lipinski definition) is 1. The second kappa shape index (κ2) is 10.3. The third-order valence-electron chi connectivity index (χ3n) is 9.49. The van der Waals surface area contributed by atoms with Gasteiger partial charge in [0.15, 0.2) is 5.82 Å². The Labute approximate surface area is 266 Å². The number of aromatic nitrogens is 6. The van der Waals surface area contributed by atoms with Gasteiger partial charge in [0.1, 0.15) is 39.2 Å². The van der Waals surface area contributed by atoms with Crippen LogP contribution in [0.1, 0.15) is 81.4 Å². The van der Waals surface area contributed by atoms with E-state index in [9.17, 15) is 13.3 Å². The van der Waals surface area contributed by atoms with Crippen LogP contribution in [0.25, 0.3) is 33.5 Å². The van der Waals surface area contributed by atoms with E-state index >= 15 is 4.39 Å². The number of benzene rings is 2. The highest BCUT2D eigenvalue weighted by Crippen LogP contribution is 2.52. The molecule has 2 bridgehead atoms. The van der Waals surface area contributed by atoms with Crippen molar-refractivity contribution >= 4 is 22.4 Å². The van der Waals surface area contributed by atoms with Crippen molar-refractivity contribution < 1.29 is 22.5 Å². The zero-order chi connectivity index (χ0) is 32.1. The number of alkyl halides is 2. The third kappa shape index (κ3) is 4.39.